The molecule has 1 aromatic rings. The second-order valence-electron chi connectivity index (χ2n) is 4.32. The topological polar surface area (TPSA) is 44.8 Å². The third-order valence-corrected chi connectivity index (χ3v) is 8.24. The molecular formula is C15H23O4PS2. The molecule has 1 rings (SSSR count). The van der Waals surface area contributed by atoms with Gasteiger partial charge in [0.1, 0.15) is 5.25 Å². The summed E-state index contributed by atoms with van der Waals surface area (Å²) in [6.45, 7) is 6.81. The molecule has 0 amide bonds. The quantitative estimate of drug-likeness (QED) is 0.459. The standard InChI is InChI=1S/C15H23O4PS2/c1-4-17-15(16)14(12-13-10-8-7-9-11-13)22-20(21,18-5-2)19-6-3/h7-11,14H,4-6,12H2,1-3H3. The lowest BCUT2D eigenvalue weighted by Gasteiger charge is -2.24. The van der Waals surface area contributed by atoms with Crippen molar-refractivity contribution in [3.05, 3.63) is 35.9 Å². The summed E-state index contributed by atoms with van der Waals surface area (Å²) in [5.74, 6) is -0.273. The first kappa shape index (κ1) is 19.7. The van der Waals surface area contributed by atoms with Crippen molar-refractivity contribution >= 4 is 34.9 Å². The van der Waals surface area contributed by atoms with E-state index in [4.69, 9.17) is 25.6 Å². The van der Waals surface area contributed by atoms with Crippen LogP contribution in [0.15, 0.2) is 30.3 Å². The number of rotatable bonds is 10. The van der Waals surface area contributed by atoms with Gasteiger partial charge < -0.3 is 13.8 Å². The lowest BCUT2D eigenvalue weighted by atomic mass is 10.1. The second-order valence-corrected chi connectivity index (χ2v) is 10.7. The summed E-state index contributed by atoms with van der Waals surface area (Å²) in [6, 6.07) is 9.81. The van der Waals surface area contributed by atoms with Crippen LogP contribution >= 0.6 is 17.1 Å². The number of ether oxygens (including phenoxy) is 1. The number of esters is 1. The number of hydrogen-bond donors (Lipinski definition) is 0. The number of hydrogen-bond acceptors (Lipinski definition) is 6. The van der Waals surface area contributed by atoms with Crippen molar-refractivity contribution in [1.82, 2.24) is 0 Å². The first-order valence-corrected chi connectivity index (χ1v) is 11.4. The first-order chi connectivity index (χ1) is 10.5. The molecule has 1 unspecified atom stereocenters. The Morgan fingerprint density at radius 1 is 1.14 bits per heavy atom. The van der Waals surface area contributed by atoms with Gasteiger partial charge in [-0.25, -0.2) is 0 Å². The van der Waals surface area contributed by atoms with Gasteiger partial charge in [-0.05, 0) is 44.6 Å². The fourth-order valence-corrected chi connectivity index (χ4v) is 7.34. The number of carbonyl (C=O) groups is 1. The Bertz CT molecular complexity index is 486. The Balaban J connectivity index is 2.89. The monoisotopic (exact) mass is 362 g/mol. The van der Waals surface area contributed by atoms with Crippen molar-refractivity contribution in [1.29, 1.82) is 0 Å². The molecule has 0 aromatic heterocycles. The van der Waals surface area contributed by atoms with Gasteiger partial charge in [-0.15, -0.1) is 0 Å². The van der Waals surface area contributed by atoms with Gasteiger partial charge in [-0.3, -0.25) is 4.79 Å². The lowest BCUT2D eigenvalue weighted by molar-refractivity contribution is -0.142. The van der Waals surface area contributed by atoms with Crippen LogP contribution in [0.3, 0.4) is 0 Å². The molecule has 0 aliphatic carbocycles. The molecule has 22 heavy (non-hydrogen) atoms. The maximum Gasteiger partial charge on any atom is 0.319 e. The SMILES string of the molecule is CCOC(=O)C(Cc1ccccc1)SP(=S)(OCC)OCC. The number of carbonyl (C=O) groups excluding carboxylic acids is 1. The summed E-state index contributed by atoms with van der Waals surface area (Å²) in [7, 11) is 0. The lowest BCUT2D eigenvalue weighted by Crippen LogP contribution is -2.23. The molecule has 124 valence electrons. The summed E-state index contributed by atoms with van der Waals surface area (Å²) < 4.78 is 16.4. The minimum Gasteiger partial charge on any atom is -0.465 e. The van der Waals surface area contributed by atoms with Crippen LogP contribution in [0.25, 0.3) is 0 Å². The van der Waals surface area contributed by atoms with Crippen LogP contribution in [0.1, 0.15) is 26.3 Å². The summed E-state index contributed by atoms with van der Waals surface area (Å²) in [6.07, 6.45) is 0.545. The molecule has 0 bridgehead atoms. The Kier molecular flexibility index (Phi) is 9.29. The zero-order valence-electron chi connectivity index (χ0n) is 13.2. The molecule has 0 aliphatic rings. The fraction of sp³-hybridized carbons (Fsp3) is 0.533. The van der Waals surface area contributed by atoms with Crippen molar-refractivity contribution in [2.75, 3.05) is 19.8 Å². The van der Waals surface area contributed by atoms with Crippen molar-refractivity contribution in [2.45, 2.75) is 32.4 Å². The minimum absolute atomic E-state index is 0.273. The van der Waals surface area contributed by atoms with Crippen molar-refractivity contribution < 1.29 is 18.6 Å². The van der Waals surface area contributed by atoms with Crippen molar-refractivity contribution in [2.24, 2.45) is 0 Å². The molecule has 1 atom stereocenters. The normalized spacial score (nSPS) is 12.9. The first-order valence-electron chi connectivity index (χ1n) is 7.32. The largest absolute Gasteiger partial charge is 0.465 e. The summed E-state index contributed by atoms with van der Waals surface area (Å²) >= 11 is 6.81. The molecule has 0 saturated carbocycles. The molecule has 0 fully saturated rings. The highest BCUT2D eigenvalue weighted by Gasteiger charge is 2.31. The predicted molar refractivity (Wildman–Crippen MR) is 95.7 cm³/mol. The summed E-state index contributed by atoms with van der Waals surface area (Å²) in [4.78, 5) is 12.3. The van der Waals surface area contributed by atoms with E-state index < -0.39 is 10.9 Å². The zero-order chi connectivity index (χ0) is 16.4. The van der Waals surface area contributed by atoms with Crippen molar-refractivity contribution in [3.63, 3.8) is 0 Å². The van der Waals surface area contributed by atoms with Crippen LogP contribution in [-0.2, 0) is 36.8 Å². The maximum absolute atomic E-state index is 12.3. The minimum atomic E-state index is -2.54. The molecular weight excluding hydrogens is 339 g/mol. The van der Waals surface area contributed by atoms with Crippen molar-refractivity contribution in [3.8, 4) is 0 Å². The third-order valence-electron chi connectivity index (χ3n) is 2.64. The highest BCUT2D eigenvalue weighted by Crippen LogP contribution is 2.63. The van der Waals surface area contributed by atoms with Crippen LogP contribution in [-0.4, -0.2) is 31.0 Å². The van der Waals surface area contributed by atoms with Crippen LogP contribution in [0, 0.1) is 0 Å². The van der Waals surface area contributed by atoms with Crippen LogP contribution in [0.4, 0.5) is 0 Å². The summed E-state index contributed by atoms with van der Waals surface area (Å²) in [5.41, 5.74) is -1.48. The maximum atomic E-state index is 12.3. The van der Waals surface area contributed by atoms with E-state index in [-0.39, 0.29) is 5.97 Å². The Morgan fingerprint density at radius 2 is 1.73 bits per heavy atom. The van der Waals surface area contributed by atoms with Gasteiger partial charge in [0.25, 0.3) is 0 Å². The van der Waals surface area contributed by atoms with E-state index in [1.165, 1.54) is 11.4 Å². The predicted octanol–water partition coefficient (Wildman–Crippen LogP) is 4.19. The van der Waals surface area contributed by atoms with Crippen LogP contribution in [0.2, 0.25) is 0 Å². The van der Waals surface area contributed by atoms with E-state index in [1.807, 2.05) is 44.2 Å². The van der Waals surface area contributed by atoms with Gasteiger partial charge in [0.05, 0.1) is 19.8 Å². The van der Waals surface area contributed by atoms with E-state index in [0.717, 1.165) is 5.56 Å². The highest BCUT2D eigenvalue weighted by atomic mass is 32.9. The summed E-state index contributed by atoms with van der Waals surface area (Å²) in [5, 5.41) is -0.425. The zero-order valence-corrected chi connectivity index (χ0v) is 15.7. The number of benzene rings is 1. The van der Waals surface area contributed by atoms with Crippen LogP contribution < -0.4 is 0 Å². The molecule has 0 spiro atoms. The second kappa shape index (κ2) is 10.4. The molecule has 4 nitrogen and oxygen atoms in total. The van der Waals surface area contributed by atoms with Gasteiger partial charge >= 0.3 is 5.97 Å². The Morgan fingerprint density at radius 3 is 2.23 bits per heavy atom. The Hall–Kier alpha value is -0.390. The molecule has 1 aromatic carbocycles. The van der Waals surface area contributed by atoms with E-state index in [1.54, 1.807) is 6.92 Å². The molecule has 0 radical (unpaired) electrons. The smallest absolute Gasteiger partial charge is 0.319 e. The van der Waals surface area contributed by atoms with Gasteiger partial charge in [-0.2, -0.15) is 0 Å². The highest BCUT2D eigenvalue weighted by molar-refractivity contribution is 8.68. The molecule has 0 saturated heterocycles. The van der Waals surface area contributed by atoms with E-state index in [2.05, 4.69) is 0 Å². The average Bonchev–Trinajstić information content (AvgIpc) is 2.48. The molecule has 7 heteroatoms. The molecule has 0 N–H and O–H groups in total. The molecule has 0 heterocycles. The van der Waals surface area contributed by atoms with Gasteiger partial charge in [0, 0.05) is 0 Å². The third kappa shape index (κ3) is 6.80. The van der Waals surface area contributed by atoms with E-state index >= 15 is 0 Å². The van der Waals surface area contributed by atoms with Gasteiger partial charge in [0.15, 0.2) is 0 Å². The van der Waals surface area contributed by atoms with E-state index in [0.29, 0.717) is 26.2 Å². The average molecular weight is 362 g/mol. The molecule has 0 aliphatic heterocycles. The Labute approximate surface area is 141 Å². The van der Waals surface area contributed by atoms with Crippen LogP contribution in [0.5, 0.6) is 0 Å². The fourth-order valence-electron chi connectivity index (χ4n) is 1.80. The van der Waals surface area contributed by atoms with Gasteiger partial charge in [-0.1, -0.05) is 41.7 Å². The van der Waals surface area contributed by atoms with E-state index in [9.17, 15) is 4.79 Å². The van der Waals surface area contributed by atoms with Gasteiger partial charge in [0.2, 0.25) is 5.69 Å².